The minimum Gasteiger partial charge on any atom is -0.326 e. The van der Waals surface area contributed by atoms with E-state index in [-0.39, 0.29) is 29.7 Å². The van der Waals surface area contributed by atoms with E-state index in [1.165, 1.54) is 12.3 Å². The Morgan fingerprint density at radius 3 is 2.39 bits per heavy atom. The van der Waals surface area contributed by atoms with Crippen LogP contribution in [0.15, 0.2) is 59.3 Å². The molecule has 1 aromatic heterocycles. The van der Waals surface area contributed by atoms with Crippen molar-refractivity contribution >= 4 is 29.2 Å². The number of benzene rings is 2. The molecule has 2 aromatic carbocycles. The highest BCUT2D eigenvalue weighted by Crippen LogP contribution is 2.33. The van der Waals surface area contributed by atoms with Gasteiger partial charge in [0.2, 0.25) is 11.2 Å². The van der Waals surface area contributed by atoms with Crippen molar-refractivity contribution in [1.82, 2.24) is 10.2 Å². The Balaban J connectivity index is 1.42. The van der Waals surface area contributed by atoms with Crippen molar-refractivity contribution in [3.8, 4) is 0 Å². The Morgan fingerprint density at radius 2 is 1.72 bits per heavy atom. The van der Waals surface area contributed by atoms with Gasteiger partial charge in [-0.25, -0.2) is 4.79 Å². The lowest BCUT2D eigenvalue weighted by molar-refractivity contribution is -0.787. The predicted octanol–water partition coefficient (Wildman–Crippen LogP) is 4.07. The molecule has 0 unspecified atom stereocenters. The van der Waals surface area contributed by atoms with Crippen LogP contribution >= 0.6 is 0 Å². The van der Waals surface area contributed by atoms with E-state index in [1.54, 1.807) is 35.0 Å². The molecule has 36 heavy (non-hydrogen) atoms. The number of urea groups is 1. The maximum atomic E-state index is 13.5. The van der Waals surface area contributed by atoms with E-state index >= 15 is 0 Å². The first-order valence-corrected chi connectivity index (χ1v) is 11.4. The second kappa shape index (κ2) is 10.8. The number of carbonyl (C=O) groups is 2. The van der Waals surface area contributed by atoms with E-state index in [1.807, 2.05) is 7.05 Å². The molecule has 1 saturated heterocycles. The number of piperidine rings is 1. The lowest BCUT2D eigenvalue weighted by Crippen LogP contribution is -2.46. The number of halogens is 3. The summed E-state index contributed by atoms with van der Waals surface area (Å²) in [6.45, 7) is 1.82. The number of amides is 3. The summed E-state index contributed by atoms with van der Waals surface area (Å²) < 4.78 is 47.1. The van der Waals surface area contributed by atoms with Crippen molar-refractivity contribution < 1.29 is 32.0 Å². The highest BCUT2D eigenvalue weighted by Gasteiger charge is 2.32. The number of anilines is 3. The molecule has 2 heterocycles. The summed E-state index contributed by atoms with van der Waals surface area (Å²) in [5.41, 5.74) is -0.555. The van der Waals surface area contributed by atoms with Crippen LogP contribution in [-0.2, 0) is 17.4 Å². The van der Waals surface area contributed by atoms with Gasteiger partial charge in [0.25, 0.3) is 6.20 Å². The highest BCUT2D eigenvalue weighted by atomic mass is 19.4. The Bertz CT molecular complexity index is 1210. The maximum Gasteiger partial charge on any atom is 0.416 e. The molecule has 0 radical (unpaired) electrons. The average Bonchev–Trinajstić information content (AvgIpc) is 3.27. The molecule has 1 fully saturated rings. The number of nitrogens with zero attached hydrogens (tertiary/aromatic N) is 3. The van der Waals surface area contributed by atoms with Crippen LogP contribution in [-0.4, -0.2) is 42.2 Å². The highest BCUT2D eigenvalue weighted by molar-refractivity contribution is 6.00. The molecule has 190 valence electrons. The number of hydrogen-bond acceptors (Lipinski definition) is 5. The third-order valence-electron chi connectivity index (χ3n) is 5.79. The van der Waals surface area contributed by atoms with E-state index in [0.717, 1.165) is 38.1 Å². The predicted molar refractivity (Wildman–Crippen MR) is 125 cm³/mol. The summed E-state index contributed by atoms with van der Waals surface area (Å²) in [5, 5.41) is 11.2. The Kier molecular flexibility index (Phi) is 7.53. The van der Waals surface area contributed by atoms with Gasteiger partial charge >= 0.3 is 18.1 Å². The average molecular weight is 504 g/mol. The fraction of sp³-hybridized carbons (Fsp3) is 0.333. The number of alkyl halides is 3. The number of aromatic nitrogens is 2. The van der Waals surface area contributed by atoms with Crippen molar-refractivity contribution in [3.63, 3.8) is 0 Å². The lowest BCUT2D eigenvalue weighted by atomic mass is 10.1. The molecule has 1 aliphatic rings. The zero-order chi connectivity index (χ0) is 25.7. The molecule has 3 N–H and O–H groups in total. The fourth-order valence-electron chi connectivity index (χ4n) is 3.94. The number of likely N-dealkylation sites (tertiary alicyclic amines) is 1. The van der Waals surface area contributed by atoms with E-state index in [9.17, 15) is 22.8 Å². The Morgan fingerprint density at radius 1 is 1.06 bits per heavy atom. The second-order valence-corrected chi connectivity index (χ2v) is 8.67. The first-order valence-electron chi connectivity index (χ1n) is 11.4. The molecule has 0 spiro atoms. The summed E-state index contributed by atoms with van der Waals surface area (Å²) in [7, 11) is 2.04. The van der Waals surface area contributed by atoms with Gasteiger partial charge in [0.05, 0.1) is 12.0 Å². The minimum atomic E-state index is -4.68. The summed E-state index contributed by atoms with van der Waals surface area (Å²) in [5.74, 6) is -0.439. The van der Waals surface area contributed by atoms with Crippen LogP contribution in [0.3, 0.4) is 0 Å². The molecule has 0 bridgehead atoms. The number of hydrogen-bond donors (Lipinski definition) is 3. The van der Waals surface area contributed by atoms with Crippen molar-refractivity contribution in [1.29, 1.82) is 0 Å². The molecule has 3 amide bonds. The van der Waals surface area contributed by atoms with E-state index < -0.39 is 23.7 Å². The maximum absolute atomic E-state index is 13.5. The van der Waals surface area contributed by atoms with Gasteiger partial charge in [-0.05, 0) is 35.5 Å². The van der Waals surface area contributed by atoms with E-state index in [4.69, 9.17) is 4.52 Å². The zero-order valence-electron chi connectivity index (χ0n) is 19.5. The summed E-state index contributed by atoms with van der Waals surface area (Å²) >= 11 is 0. The van der Waals surface area contributed by atoms with Gasteiger partial charge in [0.1, 0.15) is 0 Å². The van der Waals surface area contributed by atoms with Crippen LogP contribution in [0.4, 0.5) is 35.2 Å². The smallest absolute Gasteiger partial charge is 0.326 e. The molecule has 3 aromatic rings. The Labute approximate surface area is 205 Å². The van der Waals surface area contributed by atoms with Gasteiger partial charge in [-0.15, -0.1) is 0 Å². The molecule has 0 atom stereocenters. The normalized spacial score (nSPS) is 14.9. The van der Waals surface area contributed by atoms with Gasteiger partial charge in [-0.2, -0.15) is 13.2 Å². The molecular formula is C24H26F3N6O3+. The largest absolute Gasteiger partial charge is 0.416 e. The van der Waals surface area contributed by atoms with Crippen molar-refractivity contribution in [2.45, 2.75) is 31.5 Å². The van der Waals surface area contributed by atoms with Crippen LogP contribution in [0.1, 0.15) is 30.0 Å². The number of rotatable bonds is 6. The molecule has 9 nitrogen and oxygen atoms in total. The van der Waals surface area contributed by atoms with Gasteiger partial charge < -0.3 is 15.5 Å². The van der Waals surface area contributed by atoms with Gasteiger partial charge in [-0.3, -0.25) is 14.6 Å². The fourth-order valence-corrected chi connectivity index (χ4v) is 3.94. The molecule has 0 saturated carbocycles. The third kappa shape index (κ3) is 6.81. The molecule has 1 aliphatic heterocycles. The third-order valence-corrected chi connectivity index (χ3v) is 5.79. The first-order chi connectivity index (χ1) is 17.2. The van der Waals surface area contributed by atoms with Crippen LogP contribution in [0, 0.1) is 0 Å². The van der Waals surface area contributed by atoms with E-state index in [0.29, 0.717) is 5.56 Å². The molecule has 0 aliphatic carbocycles. The van der Waals surface area contributed by atoms with Crippen LogP contribution in [0.5, 0.6) is 0 Å². The zero-order valence-corrected chi connectivity index (χ0v) is 19.5. The van der Waals surface area contributed by atoms with Gasteiger partial charge in [0, 0.05) is 37.3 Å². The summed E-state index contributed by atoms with van der Waals surface area (Å²) in [6, 6.07) is 11.0. The van der Waals surface area contributed by atoms with E-state index in [2.05, 4.69) is 26.1 Å². The van der Waals surface area contributed by atoms with Crippen LogP contribution in [0.25, 0.3) is 0 Å². The van der Waals surface area contributed by atoms with Crippen molar-refractivity contribution in [3.05, 3.63) is 65.9 Å². The summed E-state index contributed by atoms with van der Waals surface area (Å²) in [6.07, 6.45) is -1.40. The van der Waals surface area contributed by atoms with Crippen LogP contribution < -0.4 is 20.6 Å². The second-order valence-electron chi connectivity index (χ2n) is 8.67. The monoisotopic (exact) mass is 503 g/mol. The minimum absolute atomic E-state index is 0.0108. The Hall–Kier alpha value is -3.93. The lowest BCUT2D eigenvalue weighted by Gasteiger charge is -2.23. The topological polar surface area (TPSA) is 103 Å². The quantitative estimate of drug-likeness (QED) is 0.440. The van der Waals surface area contributed by atoms with Crippen LogP contribution in [0.2, 0.25) is 0 Å². The molecular weight excluding hydrogens is 477 g/mol. The molecule has 12 heteroatoms. The van der Waals surface area contributed by atoms with Crippen molar-refractivity contribution in [2.24, 2.45) is 0 Å². The number of nitrogens with one attached hydrogen (secondary N) is 3. The SMILES string of the molecule is CN1CCC([n+]2cc(NC(=O)Nc3cc(NC(=O)Cc4ccccc4)cc(C(F)(F)F)c3)on2)CC1. The summed E-state index contributed by atoms with van der Waals surface area (Å²) in [4.78, 5) is 27.0. The van der Waals surface area contributed by atoms with Gasteiger partial charge in [-0.1, -0.05) is 30.3 Å². The van der Waals surface area contributed by atoms with Gasteiger partial charge in [0.15, 0.2) is 6.04 Å². The number of carbonyl (C=O) groups excluding carboxylic acids is 2. The molecule has 4 rings (SSSR count). The van der Waals surface area contributed by atoms with Crippen molar-refractivity contribution in [2.75, 3.05) is 36.1 Å². The standard InChI is InChI=1S/C24H25F3N6O3/c1-32-9-7-20(8-10-32)33-15-22(36-31-33)30-23(35)29-19-13-17(24(25,26)27)12-18(14-19)28-21(34)11-16-5-3-2-4-6-16/h2-6,12-15,20H,7-11H2,1H3,(H2-,28,29,30,31,34,35)/p+1. The first kappa shape index (κ1) is 25.2.